The van der Waals surface area contributed by atoms with Crippen LogP contribution >= 0.6 is 0 Å². The van der Waals surface area contributed by atoms with E-state index in [9.17, 15) is 0 Å². The fourth-order valence-corrected chi connectivity index (χ4v) is 10.7. The SMILES string of the molecule is C[Si](C)(C)c1ccc(N(c2ccccc2)c2ccc3c(c2)O/C2=C/C=C4\C/C(=C\C=C\3C2)Oc2cc(N(c3ccc([Si](C)(C)C)cc3)C3C=CC=CC3)ccc24)cc1. The summed E-state index contributed by atoms with van der Waals surface area (Å²) in [5.41, 5.74) is 10.3. The zero-order chi connectivity index (χ0) is 40.0. The number of anilines is 5. The smallest absolute Gasteiger partial charge is 0.136 e. The maximum absolute atomic E-state index is 6.78. The molecule has 2 aliphatic carbocycles. The van der Waals surface area contributed by atoms with E-state index in [2.05, 4.69) is 213 Å². The molecule has 4 bridgehead atoms. The van der Waals surface area contributed by atoms with Crippen LogP contribution in [-0.2, 0) is 0 Å². The van der Waals surface area contributed by atoms with Gasteiger partial charge < -0.3 is 19.3 Å². The van der Waals surface area contributed by atoms with Crippen molar-refractivity contribution in [3.05, 3.63) is 187 Å². The van der Waals surface area contributed by atoms with Crippen LogP contribution in [0.15, 0.2) is 175 Å². The summed E-state index contributed by atoms with van der Waals surface area (Å²) < 4.78 is 13.6. The lowest BCUT2D eigenvalue weighted by molar-refractivity contribution is 0.403. The van der Waals surface area contributed by atoms with Crippen LogP contribution in [-0.4, -0.2) is 22.2 Å². The Kier molecular flexibility index (Phi) is 9.86. The Hall–Kier alpha value is -5.83. The van der Waals surface area contributed by atoms with E-state index in [-0.39, 0.29) is 6.04 Å². The van der Waals surface area contributed by atoms with E-state index >= 15 is 0 Å². The fourth-order valence-electron chi connectivity index (χ4n) is 8.35. The lowest BCUT2D eigenvalue weighted by atomic mass is 9.93. The molecule has 0 fully saturated rings. The molecule has 4 aliphatic rings. The minimum atomic E-state index is -1.43. The Labute approximate surface area is 346 Å². The molecule has 0 saturated carbocycles. The van der Waals surface area contributed by atoms with Crippen molar-refractivity contribution in [1.29, 1.82) is 0 Å². The van der Waals surface area contributed by atoms with E-state index in [1.54, 1.807) is 0 Å². The highest BCUT2D eigenvalue weighted by atomic mass is 28.3. The van der Waals surface area contributed by atoms with Crippen LogP contribution in [0.3, 0.4) is 0 Å². The molecule has 5 aromatic carbocycles. The van der Waals surface area contributed by atoms with E-state index in [4.69, 9.17) is 9.47 Å². The molecule has 5 aromatic rings. The highest BCUT2D eigenvalue weighted by molar-refractivity contribution is 6.89. The molecule has 0 saturated heterocycles. The van der Waals surface area contributed by atoms with Crippen molar-refractivity contribution in [3.8, 4) is 11.5 Å². The van der Waals surface area contributed by atoms with Gasteiger partial charge in [-0.15, -0.1) is 0 Å². The van der Waals surface area contributed by atoms with Gasteiger partial charge in [-0.25, -0.2) is 0 Å². The maximum atomic E-state index is 6.78. The number of ether oxygens (including phenoxy) is 2. The van der Waals surface area contributed by atoms with Crippen molar-refractivity contribution in [1.82, 2.24) is 0 Å². The Bertz CT molecular complexity index is 2550. The van der Waals surface area contributed by atoms with Gasteiger partial charge in [-0.1, -0.05) is 129 Å². The first-order valence-electron chi connectivity index (χ1n) is 20.6. The zero-order valence-electron chi connectivity index (χ0n) is 34.5. The summed E-state index contributed by atoms with van der Waals surface area (Å²) in [5.74, 6) is 3.61. The lowest BCUT2D eigenvalue weighted by Crippen LogP contribution is -2.37. The minimum absolute atomic E-state index is 0.210. The van der Waals surface area contributed by atoms with Gasteiger partial charge in [0.25, 0.3) is 0 Å². The quantitative estimate of drug-likeness (QED) is 0.146. The van der Waals surface area contributed by atoms with Crippen LogP contribution in [0.25, 0.3) is 11.1 Å². The average molecular weight is 793 g/mol. The van der Waals surface area contributed by atoms with Crippen LogP contribution in [0, 0.1) is 0 Å². The normalized spacial score (nSPS) is 20.6. The van der Waals surface area contributed by atoms with E-state index in [1.165, 1.54) is 27.2 Å². The van der Waals surface area contributed by atoms with Gasteiger partial charge in [-0.2, -0.15) is 0 Å². The molecular weight excluding hydrogens is 741 g/mol. The van der Waals surface area contributed by atoms with Crippen molar-refractivity contribution in [3.63, 3.8) is 0 Å². The fraction of sp³-hybridized carbons (Fsp3) is 0.192. The van der Waals surface area contributed by atoms with E-state index < -0.39 is 16.1 Å². The third-order valence-corrected chi connectivity index (χ3v) is 15.7. The second-order valence-corrected chi connectivity index (χ2v) is 28.0. The van der Waals surface area contributed by atoms with Crippen LogP contribution < -0.4 is 29.6 Å². The molecule has 1 unspecified atom stereocenters. The number of nitrogens with zero attached hydrogens (tertiary/aromatic N) is 2. The number of hydrogen-bond donors (Lipinski definition) is 0. The molecule has 2 aliphatic heterocycles. The Morgan fingerprint density at radius 3 is 1.53 bits per heavy atom. The van der Waals surface area contributed by atoms with Gasteiger partial charge in [0, 0.05) is 64.5 Å². The van der Waals surface area contributed by atoms with Crippen molar-refractivity contribution in [2.75, 3.05) is 9.80 Å². The van der Waals surface area contributed by atoms with Crippen molar-refractivity contribution in [2.45, 2.75) is 64.6 Å². The van der Waals surface area contributed by atoms with Gasteiger partial charge in [-0.05, 0) is 90.4 Å². The Balaban J connectivity index is 1.06. The monoisotopic (exact) mass is 792 g/mol. The number of allylic oxidation sites excluding steroid dienone is 8. The molecule has 0 aromatic heterocycles. The first-order chi connectivity index (χ1) is 28.0. The molecule has 58 heavy (non-hydrogen) atoms. The maximum Gasteiger partial charge on any atom is 0.136 e. The van der Waals surface area contributed by atoms with Gasteiger partial charge >= 0.3 is 0 Å². The molecule has 0 spiro atoms. The highest BCUT2D eigenvalue weighted by Gasteiger charge is 2.27. The molecule has 0 N–H and O–H groups in total. The number of fused-ring (bicyclic) bond motifs is 8. The molecule has 4 nitrogen and oxygen atoms in total. The molecule has 0 radical (unpaired) electrons. The summed E-state index contributed by atoms with van der Waals surface area (Å²) in [7, 11) is -2.86. The predicted octanol–water partition coefficient (Wildman–Crippen LogP) is 13.1. The summed E-state index contributed by atoms with van der Waals surface area (Å²) in [5, 5.41) is 2.91. The molecule has 0 amide bonds. The minimum Gasteiger partial charge on any atom is -0.461 e. The Morgan fingerprint density at radius 1 is 0.500 bits per heavy atom. The van der Waals surface area contributed by atoms with Gasteiger partial charge in [0.15, 0.2) is 0 Å². The second-order valence-electron chi connectivity index (χ2n) is 17.8. The van der Waals surface area contributed by atoms with Crippen molar-refractivity contribution in [2.24, 2.45) is 0 Å². The molecule has 290 valence electrons. The first-order valence-corrected chi connectivity index (χ1v) is 27.6. The first kappa shape index (κ1) is 37.7. The van der Waals surface area contributed by atoms with E-state index in [0.29, 0.717) is 12.8 Å². The summed E-state index contributed by atoms with van der Waals surface area (Å²) in [6, 6.07) is 42.5. The summed E-state index contributed by atoms with van der Waals surface area (Å²) in [6.07, 6.45) is 20.0. The number of benzene rings is 5. The topological polar surface area (TPSA) is 24.9 Å². The van der Waals surface area contributed by atoms with Crippen molar-refractivity contribution < 1.29 is 9.47 Å². The third kappa shape index (κ3) is 7.62. The predicted molar refractivity (Wildman–Crippen MR) is 251 cm³/mol. The van der Waals surface area contributed by atoms with E-state index in [0.717, 1.165) is 63.3 Å². The highest BCUT2D eigenvalue weighted by Crippen LogP contribution is 2.46. The van der Waals surface area contributed by atoms with Crippen LogP contribution in [0.4, 0.5) is 28.4 Å². The van der Waals surface area contributed by atoms with Gasteiger partial charge in [0.2, 0.25) is 0 Å². The number of para-hydroxylation sites is 1. The summed E-state index contributed by atoms with van der Waals surface area (Å²) >= 11 is 0. The standard InChI is InChI=1S/C52H52N2O2Si2/c1-57(2,3)47-27-19-41(20-28-47)53(39-13-9-7-10-14-39)43-23-31-49-37-17-26-46-34-38(18-25-45(33-37)55-51(49)35-43)50-32-24-44(36-52(50)56-46)54(40-15-11-8-12-16-40)42-21-29-48(30-22-42)58(4,5)6/h7-15,17-32,35-36,40H,16,33-34H2,1-6H3/b37-17+,38-18+,45-25+,46-26+. The van der Waals surface area contributed by atoms with Crippen molar-refractivity contribution >= 4 is 66.1 Å². The van der Waals surface area contributed by atoms with Gasteiger partial charge in [-0.3, -0.25) is 0 Å². The van der Waals surface area contributed by atoms with Gasteiger partial charge in [0.05, 0.1) is 22.2 Å². The second kappa shape index (κ2) is 15.2. The largest absolute Gasteiger partial charge is 0.461 e. The van der Waals surface area contributed by atoms with Gasteiger partial charge in [0.1, 0.15) is 23.0 Å². The van der Waals surface area contributed by atoms with Crippen LogP contribution in [0.2, 0.25) is 39.3 Å². The van der Waals surface area contributed by atoms with E-state index in [1.807, 2.05) is 0 Å². The summed E-state index contributed by atoms with van der Waals surface area (Å²) in [6.45, 7) is 14.4. The lowest BCUT2D eigenvalue weighted by Gasteiger charge is -2.34. The Morgan fingerprint density at radius 2 is 1.00 bits per heavy atom. The summed E-state index contributed by atoms with van der Waals surface area (Å²) in [4.78, 5) is 4.78. The number of rotatable bonds is 8. The van der Waals surface area contributed by atoms with Crippen LogP contribution in [0.5, 0.6) is 11.5 Å². The molecule has 1 atom stereocenters. The average Bonchev–Trinajstić information content (AvgIpc) is 3.22. The number of hydrogen-bond acceptors (Lipinski definition) is 4. The molecule has 2 heterocycles. The third-order valence-electron chi connectivity index (χ3n) is 11.6. The van der Waals surface area contributed by atoms with Crippen LogP contribution in [0.1, 0.15) is 30.4 Å². The zero-order valence-corrected chi connectivity index (χ0v) is 36.5. The molecule has 9 rings (SSSR count). The molecule has 6 heteroatoms. The molecular formula is C52H52N2O2Si2.